The third-order valence-corrected chi connectivity index (χ3v) is 2.97. The van der Waals surface area contributed by atoms with E-state index in [1.165, 1.54) is 0 Å². The van der Waals surface area contributed by atoms with Gasteiger partial charge < -0.3 is 9.47 Å². The Balaban J connectivity index is 2.77. The van der Waals surface area contributed by atoms with Gasteiger partial charge in [-0.15, -0.1) is 11.6 Å². The van der Waals surface area contributed by atoms with E-state index in [0.717, 1.165) is 42.9 Å². The van der Waals surface area contributed by atoms with E-state index in [-0.39, 0.29) is 6.10 Å². The Labute approximate surface area is 115 Å². The Morgan fingerprint density at radius 2 is 2.00 bits per heavy atom. The highest BCUT2D eigenvalue weighted by molar-refractivity contribution is 6.17. The van der Waals surface area contributed by atoms with Crippen molar-refractivity contribution in [3.05, 3.63) is 23.8 Å². The number of hydrogen-bond acceptors (Lipinski definition) is 2. The quantitative estimate of drug-likeness (QED) is 0.633. The van der Waals surface area contributed by atoms with Crippen LogP contribution in [0.2, 0.25) is 0 Å². The van der Waals surface area contributed by atoms with Crippen LogP contribution in [-0.2, 0) is 5.88 Å². The summed E-state index contributed by atoms with van der Waals surface area (Å²) in [5.74, 6) is 2.16. The predicted octanol–water partition coefficient (Wildman–Crippen LogP) is 4.78. The molecule has 0 bridgehead atoms. The number of alkyl halides is 1. The number of benzene rings is 1. The van der Waals surface area contributed by atoms with E-state index >= 15 is 0 Å². The molecule has 0 spiro atoms. The Hall–Kier alpha value is -0.890. The fourth-order valence-electron chi connectivity index (χ4n) is 1.75. The minimum Gasteiger partial charge on any atom is -0.493 e. The van der Waals surface area contributed by atoms with Gasteiger partial charge in [-0.2, -0.15) is 0 Å². The Morgan fingerprint density at radius 3 is 2.61 bits per heavy atom. The summed E-state index contributed by atoms with van der Waals surface area (Å²) in [6, 6.07) is 5.87. The van der Waals surface area contributed by atoms with Gasteiger partial charge in [0.05, 0.1) is 18.6 Å². The van der Waals surface area contributed by atoms with Gasteiger partial charge in [-0.3, -0.25) is 0 Å². The van der Waals surface area contributed by atoms with Gasteiger partial charge in [-0.25, -0.2) is 0 Å². The van der Waals surface area contributed by atoms with E-state index in [2.05, 4.69) is 20.8 Å². The van der Waals surface area contributed by atoms with Crippen molar-refractivity contribution in [2.45, 2.75) is 52.0 Å². The van der Waals surface area contributed by atoms with E-state index in [0.29, 0.717) is 5.88 Å². The van der Waals surface area contributed by atoms with Crippen LogP contribution in [0.25, 0.3) is 0 Å². The molecular formula is C15H23ClO2. The highest BCUT2D eigenvalue weighted by atomic mass is 35.5. The molecule has 0 aromatic heterocycles. The zero-order valence-electron chi connectivity index (χ0n) is 11.5. The monoisotopic (exact) mass is 270 g/mol. The lowest BCUT2D eigenvalue weighted by atomic mass is 10.2. The lowest BCUT2D eigenvalue weighted by Crippen LogP contribution is -2.12. The van der Waals surface area contributed by atoms with Crippen LogP contribution in [0.5, 0.6) is 11.5 Å². The molecule has 1 aromatic carbocycles. The lowest BCUT2D eigenvalue weighted by Gasteiger charge is -2.17. The van der Waals surface area contributed by atoms with Crippen molar-refractivity contribution < 1.29 is 9.47 Å². The van der Waals surface area contributed by atoms with E-state index in [1.807, 2.05) is 18.2 Å². The number of ether oxygens (including phenoxy) is 2. The van der Waals surface area contributed by atoms with Crippen LogP contribution in [0, 0.1) is 0 Å². The molecule has 18 heavy (non-hydrogen) atoms. The largest absolute Gasteiger partial charge is 0.493 e. The third-order valence-electron chi connectivity index (χ3n) is 2.68. The van der Waals surface area contributed by atoms with E-state index in [4.69, 9.17) is 21.1 Å². The molecule has 0 aliphatic rings. The second kappa shape index (κ2) is 8.25. The number of halogens is 1. The summed E-state index contributed by atoms with van der Waals surface area (Å²) in [4.78, 5) is 0. The van der Waals surface area contributed by atoms with E-state index in [1.54, 1.807) is 0 Å². The van der Waals surface area contributed by atoms with Crippen molar-refractivity contribution in [3.8, 4) is 11.5 Å². The van der Waals surface area contributed by atoms with Crippen molar-refractivity contribution in [3.63, 3.8) is 0 Å². The summed E-state index contributed by atoms with van der Waals surface area (Å²) in [5.41, 5.74) is 1.02. The zero-order valence-corrected chi connectivity index (χ0v) is 12.3. The summed E-state index contributed by atoms with van der Waals surface area (Å²) < 4.78 is 11.5. The van der Waals surface area contributed by atoms with Crippen LogP contribution in [-0.4, -0.2) is 12.7 Å². The molecule has 0 amide bonds. The minimum atomic E-state index is 0.207. The summed E-state index contributed by atoms with van der Waals surface area (Å²) >= 11 is 5.93. The molecule has 0 radical (unpaired) electrons. The molecule has 0 aliphatic carbocycles. The molecule has 1 rings (SSSR count). The average Bonchev–Trinajstić information content (AvgIpc) is 2.37. The summed E-state index contributed by atoms with van der Waals surface area (Å²) in [6.45, 7) is 7.06. The molecule has 1 aromatic rings. The van der Waals surface area contributed by atoms with Gasteiger partial charge in [0, 0.05) is 11.6 Å². The van der Waals surface area contributed by atoms with Gasteiger partial charge in [0.2, 0.25) is 0 Å². The van der Waals surface area contributed by atoms with Gasteiger partial charge in [0.1, 0.15) is 11.5 Å². The Morgan fingerprint density at radius 1 is 1.22 bits per heavy atom. The molecule has 0 saturated carbocycles. The fraction of sp³-hybridized carbons (Fsp3) is 0.600. The summed E-state index contributed by atoms with van der Waals surface area (Å²) in [5, 5.41) is 0. The SMILES string of the molecule is CCCOc1ccc(CCl)c(OC(C)CCC)c1. The zero-order chi connectivity index (χ0) is 13.4. The fourth-order valence-corrected chi connectivity index (χ4v) is 1.97. The molecule has 0 fully saturated rings. The smallest absolute Gasteiger partial charge is 0.127 e. The normalized spacial score (nSPS) is 12.2. The van der Waals surface area contributed by atoms with Gasteiger partial charge >= 0.3 is 0 Å². The average molecular weight is 271 g/mol. The van der Waals surface area contributed by atoms with E-state index in [9.17, 15) is 0 Å². The maximum atomic E-state index is 5.93. The molecule has 1 atom stereocenters. The van der Waals surface area contributed by atoms with Crippen LogP contribution < -0.4 is 9.47 Å². The van der Waals surface area contributed by atoms with Crippen molar-refractivity contribution in [2.75, 3.05) is 6.61 Å². The second-order valence-corrected chi connectivity index (χ2v) is 4.74. The Kier molecular flexibility index (Phi) is 6.96. The first kappa shape index (κ1) is 15.2. The predicted molar refractivity (Wildman–Crippen MR) is 76.8 cm³/mol. The number of hydrogen-bond donors (Lipinski definition) is 0. The molecule has 0 N–H and O–H groups in total. The van der Waals surface area contributed by atoms with Crippen molar-refractivity contribution in [1.82, 2.24) is 0 Å². The minimum absolute atomic E-state index is 0.207. The van der Waals surface area contributed by atoms with Gasteiger partial charge in [-0.1, -0.05) is 26.3 Å². The van der Waals surface area contributed by atoms with Crippen LogP contribution in [0.3, 0.4) is 0 Å². The maximum absolute atomic E-state index is 5.93. The Bertz CT molecular complexity index is 352. The molecule has 0 heterocycles. The maximum Gasteiger partial charge on any atom is 0.127 e. The molecule has 0 saturated heterocycles. The standard InChI is InChI=1S/C15H23ClO2/c1-4-6-12(3)18-15-10-14(17-9-5-2)8-7-13(15)11-16/h7-8,10,12H,4-6,9,11H2,1-3H3. The first-order chi connectivity index (χ1) is 8.71. The topological polar surface area (TPSA) is 18.5 Å². The highest BCUT2D eigenvalue weighted by Crippen LogP contribution is 2.28. The molecule has 0 aliphatic heterocycles. The molecule has 102 valence electrons. The molecular weight excluding hydrogens is 248 g/mol. The van der Waals surface area contributed by atoms with Crippen LogP contribution in [0.4, 0.5) is 0 Å². The molecule has 1 unspecified atom stereocenters. The summed E-state index contributed by atoms with van der Waals surface area (Å²) in [7, 11) is 0. The summed E-state index contributed by atoms with van der Waals surface area (Å²) in [6.07, 6.45) is 3.36. The van der Waals surface area contributed by atoms with Crippen LogP contribution >= 0.6 is 11.6 Å². The van der Waals surface area contributed by atoms with Gasteiger partial charge in [-0.05, 0) is 25.8 Å². The van der Waals surface area contributed by atoms with Gasteiger partial charge in [0.15, 0.2) is 0 Å². The van der Waals surface area contributed by atoms with Crippen molar-refractivity contribution in [2.24, 2.45) is 0 Å². The first-order valence-electron chi connectivity index (χ1n) is 6.69. The second-order valence-electron chi connectivity index (χ2n) is 4.47. The van der Waals surface area contributed by atoms with E-state index < -0.39 is 0 Å². The lowest BCUT2D eigenvalue weighted by molar-refractivity contribution is 0.207. The van der Waals surface area contributed by atoms with Gasteiger partial charge in [0.25, 0.3) is 0 Å². The van der Waals surface area contributed by atoms with Crippen molar-refractivity contribution >= 4 is 11.6 Å². The van der Waals surface area contributed by atoms with Crippen molar-refractivity contribution in [1.29, 1.82) is 0 Å². The third kappa shape index (κ3) is 4.77. The molecule has 3 heteroatoms. The first-order valence-corrected chi connectivity index (χ1v) is 7.23. The highest BCUT2D eigenvalue weighted by Gasteiger charge is 2.09. The molecule has 2 nitrogen and oxygen atoms in total. The number of rotatable bonds is 8. The van der Waals surface area contributed by atoms with Crippen LogP contribution in [0.15, 0.2) is 18.2 Å². The van der Waals surface area contributed by atoms with Crippen LogP contribution in [0.1, 0.15) is 45.6 Å².